The molecule has 0 saturated carbocycles. The van der Waals surface area contributed by atoms with Crippen molar-refractivity contribution in [2.45, 2.75) is 38.8 Å². The lowest BCUT2D eigenvalue weighted by atomic mass is 9.87. The highest BCUT2D eigenvalue weighted by atomic mass is 16.5. The van der Waals surface area contributed by atoms with Gasteiger partial charge in [-0.15, -0.1) is 0 Å². The maximum Gasteiger partial charge on any atom is 0.325 e. The van der Waals surface area contributed by atoms with Crippen molar-refractivity contribution in [3.8, 4) is 5.75 Å². The molecule has 0 spiro atoms. The highest BCUT2D eigenvalue weighted by molar-refractivity contribution is 6.10. The average Bonchev–Trinajstić information content (AvgIpc) is 2.99. The van der Waals surface area contributed by atoms with Gasteiger partial charge in [-0.05, 0) is 50.1 Å². The van der Waals surface area contributed by atoms with Crippen molar-refractivity contribution in [1.82, 2.24) is 10.2 Å². The molecule has 1 unspecified atom stereocenters. The van der Waals surface area contributed by atoms with E-state index < -0.39 is 17.5 Å². The Morgan fingerprint density at radius 1 is 1.10 bits per heavy atom. The number of urea groups is 1. The summed E-state index contributed by atoms with van der Waals surface area (Å²) in [6.45, 7) is 5.29. The van der Waals surface area contributed by atoms with Crippen molar-refractivity contribution >= 4 is 23.5 Å². The largest absolute Gasteiger partial charge is 0.497 e. The summed E-state index contributed by atoms with van der Waals surface area (Å²) < 4.78 is 5.18. The standard InChI is InChI=1S/C23H27N3O4/c1-5-23(17-11-13-19(30-4)14-12-17)21(28)25(22(29)24-23)15-20(27)26(16(2)3)18-9-7-6-8-10-18/h6-14,16H,5,15H2,1-4H3,(H,24,29). The Kier molecular flexibility index (Phi) is 6.10. The second kappa shape index (κ2) is 8.57. The molecular weight excluding hydrogens is 382 g/mol. The van der Waals surface area contributed by atoms with Gasteiger partial charge in [-0.3, -0.25) is 14.5 Å². The van der Waals surface area contributed by atoms with E-state index in [0.29, 0.717) is 17.7 Å². The van der Waals surface area contributed by atoms with Crippen LogP contribution in [0.5, 0.6) is 5.75 Å². The predicted molar refractivity (Wildman–Crippen MR) is 114 cm³/mol. The highest BCUT2D eigenvalue weighted by Gasteiger charge is 2.52. The van der Waals surface area contributed by atoms with E-state index in [1.807, 2.05) is 51.1 Å². The second-order valence-corrected chi connectivity index (χ2v) is 7.50. The number of nitrogens with zero attached hydrogens (tertiary/aromatic N) is 2. The monoisotopic (exact) mass is 409 g/mol. The lowest BCUT2D eigenvalue weighted by molar-refractivity contribution is -0.134. The van der Waals surface area contributed by atoms with Crippen molar-refractivity contribution in [1.29, 1.82) is 0 Å². The van der Waals surface area contributed by atoms with Crippen molar-refractivity contribution < 1.29 is 19.1 Å². The number of methoxy groups -OCH3 is 1. The quantitative estimate of drug-likeness (QED) is 0.712. The number of anilines is 1. The number of hydrogen-bond acceptors (Lipinski definition) is 4. The molecule has 30 heavy (non-hydrogen) atoms. The van der Waals surface area contributed by atoms with E-state index in [1.165, 1.54) is 0 Å². The summed E-state index contributed by atoms with van der Waals surface area (Å²) in [6, 6.07) is 15.5. The fourth-order valence-electron chi connectivity index (χ4n) is 3.81. The van der Waals surface area contributed by atoms with Crippen molar-refractivity contribution in [2.75, 3.05) is 18.6 Å². The molecule has 4 amide bonds. The van der Waals surface area contributed by atoms with Gasteiger partial charge in [0.15, 0.2) is 0 Å². The summed E-state index contributed by atoms with van der Waals surface area (Å²) in [5.74, 6) is -0.0872. The van der Waals surface area contributed by atoms with Crippen LogP contribution in [0.3, 0.4) is 0 Å². The van der Waals surface area contributed by atoms with Crippen LogP contribution in [0.25, 0.3) is 0 Å². The third-order valence-corrected chi connectivity index (χ3v) is 5.40. The van der Waals surface area contributed by atoms with Crippen molar-refractivity contribution in [3.05, 3.63) is 60.2 Å². The van der Waals surface area contributed by atoms with Gasteiger partial charge in [0.25, 0.3) is 5.91 Å². The zero-order valence-electron chi connectivity index (χ0n) is 17.7. The topological polar surface area (TPSA) is 79.0 Å². The number of carbonyl (C=O) groups is 3. The number of para-hydroxylation sites is 1. The van der Waals surface area contributed by atoms with Gasteiger partial charge in [-0.2, -0.15) is 0 Å². The molecule has 1 aliphatic heterocycles. The molecule has 3 rings (SSSR count). The molecule has 1 fully saturated rings. The molecule has 0 aromatic heterocycles. The van der Waals surface area contributed by atoms with Crippen LogP contribution < -0.4 is 15.0 Å². The first-order chi connectivity index (χ1) is 14.3. The van der Waals surface area contributed by atoms with E-state index in [1.54, 1.807) is 36.3 Å². The summed E-state index contributed by atoms with van der Waals surface area (Å²) in [4.78, 5) is 41.7. The van der Waals surface area contributed by atoms with Gasteiger partial charge in [0.1, 0.15) is 17.8 Å². The number of nitrogens with one attached hydrogen (secondary N) is 1. The van der Waals surface area contributed by atoms with E-state index >= 15 is 0 Å². The van der Waals surface area contributed by atoms with E-state index in [-0.39, 0.29) is 18.5 Å². The highest BCUT2D eigenvalue weighted by Crippen LogP contribution is 2.33. The third-order valence-electron chi connectivity index (χ3n) is 5.40. The molecule has 1 N–H and O–H groups in total. The van der Waals surface area contributed by atoms with Crippen LogP contribution in [0.15, 0.2) is 54.6 Å². The van der Waals surface area contributed by atoms with Gasteiger partial charge < -0.3 is 15.0 Å². The van der Waals surface area contributed by atoms with E-state index in [2.05, 4.69) is 5.32 Å². The number of carbonyl (C=O) groups excluding carboxylic acids is 3. The first-order valence-electron chi connectivity index (χ1n) is 9.99. The smallest absolute Gasteiger partial charge is 0.325 e. The number of imide groups is 1. The van der Waals surface area contributed by atoms with E-state index in [9.17, 15) is 14.4 Å². The molecule has 7 heteroatoms. The van der Waals surface area contributed by atoms with Gasteiger partial charge in [-0.1, -0.05) is 37.3 Å². The molecule has 2 aromatic rings. The maximum atomic E-state index is 13.3. The second-order valence-electron chi connectivity index (χ2n) is 7.50. The van der Waals surface area contributed by atoms with Gasteiger partial charge in [0.05, 0.1) is 7.11 Å². The molecule has 7 nitrogen and oxygen atoms in total. The molecule has 0 aliphatic carbocycles. The van der Waals surface area contributed by atoms with Gasteiger partial charge in [0, 0.05) is 11.7 Å². The first-order valence-corrected chi connectivity index (χ1v) is 9.99. The van der Waals surface area contributed by atoms with Gasteiger partial charge >= 0.3 is 6.03 Å². The molecular formula is C23H27N3O4. The summed E-state index contributed by atoms with van der Waals surface area (Å²) in [7, 11) is 1.56. The van der Waals surface area contributed by atoms with Gasteiger partial charge in [0.2, 0.25) is 5.91 Å². The Balaban J connectivity index is 1.87. The van der Waals surface area contributed by atoms with Crippen LogP contribution in [0.2, 0.25) is 0 Å². The van der Waals surface area contributed by atoms with Gasteiger partial charge in [-0.25, -0.2) is 4.79 Å². The number of hydrogen-bond donors (Lipinski definition) is 1. The Labute approximate surface area is 176 Å². The molecule has 0 radical (unpaired) electrons. The molecule has 1 atom stereocenters. The minimum Gasteiger partial charge on any atom is -0.497 e. The minimum atomic E-state index is -1.20. The molecule has 1 heterocycles. The molecule has 1 aliphatic rings. The lowest BCUT2D eigenvalue weighted by Crippen LogP contribution is -2.47. The number of benzene rings is 2. The summed E-state index contributed by atoms with van der Waals surface area (Å²) in [6.07, 6.45) is 0.362. The Morgan fingerprint density at radius 3 is 2.27 bits per heavy atom. The Bertz CT molecular complexity index is 927. The zero-order chi connectivity index (χ0) is 21.9. The van der Waals surface area contributed by atoms with Crippen LogP contribution in [-0.4, -0.2) is 42.4 Å². The molecule has 158 valence electrons. The molecule has 0 bridgehead atoms. The third kappa shape index (κ3) is 3.75. The van der Waals surface area contributed by atoms with E-state index in [0.717, 1.165) is 10.6 Å². The predicted octanol–water partition coefficient (Wildman–Crippen LogP) is 3.29. The lowest BCUT2D eigenvalue weighted by Gasteiger charge is -2.29. The van der Waals surface area contributed by atoms with E-state index in [4.69, 9.17) is 4.74 Å². The Morgan fingerprint density at radius 2 is 1.73 bits per heavy atom. The Hall–Kier alpha value is -3.35. The fourth-order valence-corrected chi connectivity index (χ4v) is 3.81. The van der Waals surface area contributed by atoms with Crippen LogP contribution >= 0.6 is 0 Å². The SMILES string of the molecule is CCC1(c2ccc(OC)cc2)NC(=O)N(CC(=O)N(c2ccccc2)C(C)C)C1=O. The van der Waals surface area contributed by atoms with Crippen molar-refractivity contribution in [2.24, 2.45) is 0 Å². The number of ether oxygens (including phenoxy) is 1. The van der Waals surface area contributed by atoms with Crippen LogP contribution in [0.4, 0.5) is 10.5 Å². The molecule has 2 aromatic carbocycles. The summed E-state index contributed by atoms with van der Waals surface area (Å²) in [5, 5.41) is 2.81. The minimum absolute atomic E-state index is 0.127. The van der Waals surface area contributed by atoms with Crippen molar-refractivity contribution in [3.63, 3.8) is 0 Å². The van der Waals surface area contributed by atoms with Crippen LogP contribution in [0, 0.1) is 0 Å². The number of rotatable bonds is 7. The normalized spacial score (nSPS) is 18.5. The zero-order valence-corrected chi connectivity index (χ0v) is 17.7. The summed E-state index contributed by atoms with van der Waals surface area (Å²) in [5.41, 5.74) is 0.184. The first kappa shape index (κ1) is 21.4. The fraction of sp³-hybridized carbons (Fsp3) is 0.348. The summed E-state index contributed by atoms with van der Waals surface area (Å²) >= 11 is 0. The van der Waals surface area contributed by atoms with Crippen LogP contribution in [0.1, 0.15) is 32.8 Å². The average molecular weight is 409 g/mol. The number of amides is 4. The van der Waals surface area contributed by atoms with Crippen LogP contribution in [-0.2, 0) is 15.1 Å². The molecule has 1 saturated heterocycles. The maximum absolute atomic E-state index is 13.3.